The molecule has 0 aliphatic carbocycles. The second kappa shape index (κ2) is 7.42. The monoisotopic (exact) mass is 381 g/mol. The van der Waals surface area contributed by atoms with Crippen LogP contribution in [-0.2, 0) is 6.54 Å². The normalized spacial score (nSPS) is 15.2. The van der Waals surface area contributed by atoms with Gasteiger partial charge in [0.1, 0.15) is 11.2 Å². The van der Waals surface area contributed by atoms with Crippen molar-refractivity contribution in [2.45, 2.75) is 13.0 Å². The van der Waals surface area contributed by atoms with E-state index in [4.69, 9.17) is 5.26 Å². The molecular formula is C18H19N7OS. The molecule has 3 aromatic heterocycles. The number of piperazine rings is 1. The summed E-state index contributed by atoms with van der Waals surface area (Å²) in [7, 11) is 2.09. The van der Waals surface area contributed by atoms with Crippen LogP contribution < -0.4 is 10.5 Å². The fourth-order valence-corrected chi connectivity index (χ4v) is 3.83. The lowest BCUT2D eigenvalue weighted by atomic mass is 10.3. The Labute approximate surface area is 160 Å². The van der Waals surface area contributed by atoms with Crippen molar-refractivity contribution in [2.75, 3.05) is 38.1 Å². The van der Waals surface area contributed by atoms with Gasteiger partial charge in [0.05, 0.1) is 23.6 Å². The minimum Gasteiger partial charge on any atom is -0.338 e. The number of hydrogen-bond acceptors (Lipinski definition) is 8. The number of nitrogens with zero attached hydrogens (tertiary/aromatic N) is 7. The van der Waals surface area contributed by atoms with E-state index in [1.807, 2.05) is 17.5 Å². The average Bonchev–Trinajstić information content (AvgIpc) is 3.22. The highest BCUT2D eigenvalue weighted by Crippen LogP contribution is 2.22. The van der Waals surface area contributed by atoms with Gasteiger partial charge in [0.25, 0.3) is 5.56 Å². The molecule has 0 bridgehead atoms. The SMILES string of the molecule is CN1CCN(c2ncc3nc(-c4cccs4)c(=O)n(CCC#N)c3n2)CC1. The van der Waals surface area contributed by atoms with Gasteiger partial charge in [0, 0.05) is 32.7 Å². The maximum atomic E-state index is 13.0. The van der Waals surface area contributed by atoms with Gasteiger partial charge in [-0.3, -0.25) is 9.36 Å². The Morgan fingerprint density at radius 1 is 1.26 bits per heavy atom. The Balaban J connectivity index is 1.83. The van der Waals surface area contributed by atoms with Gasteiger partial charge in [0.15, 0.2) is 5.65 Å². The summed E-state index contributed by atoms with van der Waals surface area (Å²) in [6.45, 7) is 3.85. The van der Waals surface area contributed by atoms with Crippen LogP contribution in [0.5, 0.6) is 0 Å². The molecule has 0 radical (unpaired) electrons. The second-order valence-corrected chi connectivity index (χ2v) is 7.42. The molecule has 0 spiro atoms. The molecule has 9 heteroatoms. The molecule has 3 aromatic rings. The third kappa shape index (κ3) is 3.41. The number of aryl methyl sites for hydroxylation is 1. The number of fused-ring (bicyclic) bond motifs is 1. The summed E-state index contributed by atoms with van der Waals surface area (Å²) in [6.07, 6.45) is 1.91. The lowest BCUT2D eigenvalue weighted by Crippen LogP contribution is -2.45. The lowest BCUT2D eigenvalue weighted by Gasteiger charge is -2.32. The third-order valence-corrected chi connectivity index (χ3v) is 5.54. The van der Waals surface area contributed by atoms with E-state index in [9.17, 15) is 4.79 Å². The molecule has 0 atom stereocenters. The van der Waals surface area contributed by atoms with Crippen molar-refractivity contribution in [3.8, 4) is 16.6 Å². The Morgan fingerprint density at radius 2 is 2.07 bits per heavy atom. The van der Waals surface area contributed by atoms with Crippen LogP contribution in [0.2, 0.25) is 0 Å². The van der Waals surface area contributed by atoms with Gasteiger partial charge >= 0.3 is 0 Å². The Morgan fingerprint density at radius 3 is 2.78 bits per heavy atom. The van der Waals surface area contributed by atoms with E-state index in [0.717, 1.165) is 31.1 Å². The maximum Gasteiger partial charge on any atom is 0.279 e. The van der Waals surface area contributed by atoms with Gasteiger partial charge in [0.2, 0.25) is 5.95 Å². The van der Waals surface area contributed by atoms with Crippen molar-refractivity contribution in [1.82, 2.24) is 24.4 Å². The molecule has 1 aliphatic heterocycles. The van der Waals surface area contributed by atoms with Gasteiger partial charge in [-0.15, -0.1) is 11.3 Å². The Bertz CT molecular complexity index is 1050. The predicted molar refractivity (Wildman–Crippen MR) is 105 cm³/mol. The van der Waals surface area contributed by atoms with Gasteiger partial charge < -0.3 is 9.80 Å². The first-order valence-electron chi connectivity index (χ1n) is 8.79. The summed E-state index contributed by atoms with van der Waals surface area (Å²) in [5, 5.41) is 10.9. The van der Waals surface area contributed by atoms with Crippen LogP contribution >= 0.6 is 11.3 Å². The number of likely N-dealkylation sites (N-methyl/N-ethyl adjacent to an activating group) is 1. The molecular weight excluding hydrogens is 362 g/mol. The van der Waals surface area contributed by atoms with Gasteiger partial charge in [-0.1, -0.05) is 6.07 Å². The average molecular weight is 381 g/mol. The van der Waals surface area contributed by atoms with Gasteiger partial charge in [-0.2, -0.15) is 10.2 Å². The maximum absolute atomic E-state index is 13.0. The van der Waals surface area contributed by atoms with E-state index in [2.05, 4.69) is 37.9 Å². The van der Waals surface area contributed by atoms with Crippen LogP contribution in [0.3, 0.4) is 0 Å². The first kappa shape index (κ1) is 17.6. The van der Waals surface area contributed by atoms with E-state index >= 15 is 0 Å². The van der Waals surface area contributed by atoms with E-state index in [-0.39, 0.29) is 18.5 Å². The zero-order valence-electron chi connectivity index (χ0n) is 15.0. The molecule has 1 fully saturated rings. The van der Waals surface area contributed by atoms with Crippen molar-refractivity contribution >= 4 is 28.4 Å². The first-order valence-corrected chi connectivity index (χ1v) is 9.67. The number of nitriles is 1. The molecule has 1 saturated heterocycles. The van der Waals surface area contributed by atoms with E-state index < -0.39 is 0 Å². The third-order valence-electron chi connectivity index (χ3n) is 4.66. The number of anilines is 1. The van der Waals surface area contributed by atoms with Crippen LogP contribution in [0.4, 0.5) is 5.95 Å². The summed E-state index contributed by atoms with van der Waals surface area (Å²) in [4.78, 5) is 31.9. The highest BCUT2D eigenvalue weighted by molar-refractivity contribution is 7.13. The number of hydrogen-bond donors (Lipinski definition) is 0. The zero-order chi connectivity index (χ0) is 18.8. The summed E-state index contributed by atoms with van der Waals surface area (Å²) in [5.74, 6) is 0.603. The number of aromatic nitrogens is 4. The van der Waals surface area contributed by atoms with E-state index in [1.165, 1.54) is 11.3 Å². The Hall–Kier alpha value is -2.83. The molecule has 4 rings (SSSR count). The smallest absolute Gasteiger partial charge is 0.279 e. The van der Waals surface area contributed by atoms with Gasteiger partial charge in [-0.05, 0) is 18.5 Å². The summed E-state index contributed by atoms with van der Waals surface area (Å²) >= 11 is 1.46. The molecule has 0 N–H and O–H groups in total. The predicted octanol–water partition coefficient (Wildman–Crippen LogP) is 1.58. The highest BCUT2D eigenvalue weighted by Gasteiger charge is 2.19. The van der Waals surface area contributed by atoms with E-state index in [0.29, 0.717) is 22.8 Å². The van der Waals surface area contributed by atoms with E-state index in [1.54, 1.807) is 10.8 Å². The molecule has 4 heterocycles. The molecule has 0 unspecified atom stereocenters. The number of thiophene rings is 1. The summed E-state index contributed by atoms with van der Waals surface area (Å²) < 4.78 is 1.56. The van der Waals surface area contributed by atoms with Crippen LogP contribution in [0.15, 0.2) is 28.5 Å². The lowest BCUT2D eigenvalue weighted by molar-refractivity contribution is 0.311. The standard InChI is InChI=1S/C18H19N7OS/c1-23-7-9-24(10-8-23)18-20-12-13-16(22-18)25(6-3-5-19)17(26)15(21-13)14-4-2-11-27-14/h2,4,11-12H,3,6-10H2,1H3. The molecule has 0 amide bonds. The van der Waals surface area contributed by atoms with Crippen LogP contribution in [0, 0.1) is 11.3 Å². The molecule has 0 aromatic carbocycles. The summed E-state index contributed by atoms with van der Waals surface area (Å²) in [5.41, 5.74) is 1.21. The van der Waals surface area contributed by atoms with Crippen LogP contribution in [-0.4, -0.2) is 57.6 Å². The quantitative estimate of drug-likeness (QED) is 0.677. The highest BCUT2D eigenvalue weighted by atomic mass is 32.1. The van der Waals surface area contributed by atoms with Gasteiger partial charge in [-0.25, -0.2) is 9.97 Å². The molecule has 0 saturated carbocycles. The first-order chi connectivity index (χ1) is 13.2. The van der Waals surface area contributed by atoms with Crippen molar-refractivity contribution in [3.63, 3.8) is 0 Å². The second-order valence-electron chi connectivity index (χ2n) is 6.47. The van der Waals surface area contributed by atoms with Crippen LogP contribution in [0.1, 0.15) is 6.42 Å². The minimum absolute atomic E-state index is 0.219. The van der Waals surface area contributed by atoms with Crippen molar-refractivity contribution in [3.05, 3.63) is 34.1 Å². The van der Waals surface area contributed by atoms with Crippen molar-refractivity contribution in [1.29, 1.82) is 5.26 Å². The van der Waals surface area contributed by atoms with Crippen molar-refractivity contribution in [2.24, 2.45) is 0 Å². The molecule has 1 aliphatic rings. The molecule has 138 valence electrons. The number of rotatable bonds is 4. The van der Waals surface area contributed by atoms with Crippen LogP contribution in [0.25, 0.3) is 21.7 Å². The summed E-state index contributed by atoms with van der Waals surface area (Å²) in [6, 6.07) is 5.86. The molecule has 27 heavy (non-hydrogen) atoms. The van der Waals surface area contributed by atoms with Crippen molar-refractivity contribution < 1.29 is 0 Å². The topological polar surface area (TPSA) is 90.9 Å². The zero-order valence-corrected chi connectivity index (χ0v) is 15.8. The minimum atomic E-state index is -0.219. The Kier molecular flexibility index (Phi) is 4.83. The fraction of sp³-hybridized carbons (Fsp3) is 0.389. The fourth-order valence-electron chi connectivity index (χ4n) is 3.13. The molecule has 8 nitrogen and oxygen atoms in total. The largest absolute Gasteiger partial charge is 0.338 e.